The molecule has 0 unspecified atom stereocenters. The fraction of sp³-hybridized carbons (Fsp3) is 0.533. The largest absolute Gasteiger partial charge is 0.343 e. The van der Waals surface area contributed by atoms with Crippen LogP contribution in [0.4, 0.5) is 0 Å². The van der Waals surface area contributed by atoms with E-state index in [4.69, 9.17) is 0 Å². The van der Waals surface area contributed by atoms with Crippen molar-refractivity contribution in [1.82, 2.24) is 4.90 Å². The lowest BCUT2D eigenvalue weighted by atomic mass is 9.94. The van der Waals surface area contributed by atoms with Crippen molar-refractivity contribution in [3.05, 3.63) is 28.7 Å². The zero-order valence-electron chi connectivity index (χ0n) is 13.1. The smallest absolute Gasteiger partial charge is 0.229 e. The molecule has 0 N–H and O–H groups in total. The normalized spacial score (nSPS) is 12.5. The lowest BCUT2D eigenvalue weighted by molar-refractivity contribution is -0.139. The van der Waals surface area contributed by atoms with E-state index in [1.54, 1.807) is 50.1 Å². The Bertz CT molecular complexity index is 606. The van der Waals surface area contributed by atoms with Crippen molar-refractivity contribution in [2.24, 2.45) is 5.41 Å². The number of carbonyl (C=O) groups excluding carboxylic acids is 1. The number of carbonyl (C=O) groups is 1. The zero-order chi connectivity index (χ0) is 16.4. The molecular weight excluding hydrogens is 354 g/mol. The van der Waals surface area contributed by atoms with Crippen molar-refractivity contribution in [1.29, 1.82) is 0 Å². The van der Waals surface area contributed by atoms with Crippen LogP contribution in [0.1, 0.15) is 27.7 Å². The van der Waals surface area contributed by atoms with Gasteiger partial charge in [-0.15, -0.1) is 0 Å². The van der Waals surface area contributed by atoms with E-state index in [2.05, 4.69) is 15.9 Å². The van der Waals surface area contributed by atoms with Gasteiger partial charge >= 0.3 is 0 Å². The standard InChI is InChI=1S/C15H22BrNO3S/c1-11(2)17(5)14(18)15(3,4)10-21(19,20)13-8-6-12(16)7-9-13/h6-9,11H,10H2,1-5H3. The molecule has 1 rings (SSSR count). The van der Waals surface area contributed by atoms with Gasteiger partial charge in [0.1, 0.15) is 0 Å². The van der Waals surface area contributed by atoms with Crippen LogP contribution in [0.3, 0.4) is 0 Å². The highest BCUT2D eigenvalue weighted by molar-refractivity contribution is 9.10. The van der Waals surface area contributed by atoms with Gasteiger partial charge in [0.15, 0.2) is 9.84 Å². The number of amides is 1. The van der Waals surface area contributed by atoms with Crippen molar-refractivity contribution >= 4 is 31.7 Å². The third-order valence-corrected chi connectivity index (χ3v) is 6.02. The van der Waals surface area contributed by atoms with E-state index in [9.17, 15) is 13.2 Å². The molecular formula is C15H22BrNO3S. The molecule has 21 heavy (non-hydrogen) atoms. The highest BCUT2D eigenvalue weighted by atomic mass is 79.9. The Morgan fingerprint density at radius 2 is 1.71 bits per heavy atom. The van der Waals surface area contributed by atoms with E-state index in [-0.39, 0.29) is 22.6 Å². The van der Waals surface area contributed by atoms with E-state index >= 15 is 0 Å². The number of hydrogen-bond donors (Lipinski definition) is 0. The van der Waals surface area contributed by atoms with Crippen molar-refractivity contribution in [3.63, 3.8) is 0 Å². The van der Waals surface area contributed by atoms with Crippen molar-refractivity contribution in [2.45, 2.75) is 38.6 Å². The molecule has 4 nitrogen and oxygen atoms in total. The first-order chi connectivity index (χ1) is 9.47. The molecule has 0 aliphatic rings. The number of halogens is 1. The zero-order valence-corrected chi connectivity index (χ0v) is 15.5. The van der Waals surface area contributed by atoms with Crippen LogP contribution < -0.4 is 0 Å². The van der Waals surface area contributed by atoms with Crippen LogP contribution in [0.5, 0.6) is 0 Å². The van der Waals surface area contributed by atoms with Crippen LogP contribution in [-0.4, -0.2) is 38.1 Å². The van der Waals surface area contributed by atoms with Crippen LogP contribution in [-0.2, 0) is 14.6 Å². The van der Waals surface area contributed by atoms with Gasteiger partial charge in [0.2, 0.25) is 5.91 Å². The maximum absolute atomic E-state index is 12.5. The molecule has 0 aliphatic carbocycles. The SMILES string of the molecule is CC(C)N(C)C(=O)C(C)(C)CS(=O)(=O)c1ccc(Br)cc1. The molecule has 1 aromatic carbocycles. The molecule has 0 aliphatic heterocycles. The third-order valence-electron chi connectivity index (χ3n) is 3.40. The molecule has 0 bridgehead atoms. The molecule has 0 saturated carbocycles. The summed E-state index contributed by atoms with van der Waals surface area (Å²) in [7, 11) is -1.81. The summed E-state index contributed by atoms with van der Waals surface area (Å²) in [5.41, 5.74) is -0.967. The molecule has 1 aromatic rings. The van der Waals surface area contributed by atoms with Gasteiger partial charge in [-0.1, -0.05) is 29.8 Å². The van der Waals surface area contributed by atoms with Gasteiger partial charge in [-0.05, 0) is 38.1 Å². The van der Waals surface area contributed by atoms with E-state index in [0.717, 1.165) is 4.47 Å². The fourth-order valence-corrected chi connectivity index (χ4v) is 4.03. The van der Waals surface area contributed by atoms with Gasteiger partial charge in [-0.2, -0.15) is 0 Å². The van der Waals surface area contributed by atoms with Crippen molar-refractivity contribution < 1.29 is 13.2 Å². The van der Waals surface area contributed by atoms with Crippen LogP contribution in [0, 0.1) is 5.41 Å². The van der Waals surface area contributed by atoms with E-state index in [1.165, 1.54) is 0 Å². The molecule has 0 heterocycles. The summed E-state index contributed by atoms with van der Waals surface area (Å²) in [5.74, 6) is -0.379. The molecule has 1 amide bonds. The number of sulfone groups is 1. The Morgan fingerprint density at radius 1 is 1.24 bits per heavy atom. The predicted molar refractivity (Wildman–Crippen MR) is 87.9 cm³/mol. The first kappa shape index (κ1) is 18.2. The minimum Gasteiger partial charge on any atom is -0.343 e. The second-order valence-electron chi connectivity index (χ2n) is 6.11. The van der Waals surface area contributed by atoms with Crippen molar-refractivity contribution in [3.8, 4) is 0 Å². The summed E-state index contributed by atoms with van der Waals surface area (Å²) < 4.78 is 25.8. The monoisotopic (exact) mass is 375 g/mol. The number of benzene rings is 1. The summed E-state index contributed by atoms with van der Waals surface area (Å²) in [5, 5.41) is 0. The minimum absolute atomic E-state index is 0.0344. The van der Waals surface area contributed by atoms with Gasteiger partial charge < -0.3 is 4.90 Å². The first-order valence-corrected chi connectivity index (χ1v) is 9.17. The Balaban J connectivity index is 3.02. The predicted octanol–water partition coefficient (Wildman–Crippen LogP) is 3.12. The molecule has 6 heteroatoms. The second kappa shape index (κ2) is 6.48. The number of nitrogens with zero attached hydrogens (tertiary/aromatic N) is 1. The van der Waals surface area contributed by atoms with Crippen LogP contribution >= 0.6 is 15.9 Å². The van der Waals surface area contributed by atoms with Crippen LogP contribution in [0.2, 0.25) is 0 Å². The molecule has 0 spiro atoms. The van der Waals surface area contributed by atoms with Gasteiger partial charge in [0.25, 0.3) is 0 Å². The Hall–Kier alpha value is -0.880. The summed E-state index contributed by atoms with van der Waals surface area (Å²) in [4.78, 5) is 14.2. The molecule has 0 saturated heterocycles. The minimum atomic E-state index is -3.51. The topological polar surface area (TPSA) is 54.5 Å². The molecule has 0 radical (unpaired) electrons. The average molecular weight is 376 g/mol. The van der Waals surface area contributed by atoms with Crippen LogP contribution in [0.25, 0.3) is 0 Å². The maximum atomic E-state index is 12.5. The lowest BCUT2D eigenvalue weighted by Crippen LogP contribution is -2.45. The van der Waals surface area contributed by atoms with Gasteiger partial charge in [0.05, 0.1) is 16.1 Å². The third kappa shape index (κ3) is 4.54. The Morgan fingerprint density at radius 3 is 2.14 bits per heavy atom. The maximum Gasteiger partial charge on any atom is 0.229 e. The summed E-state index contributed by atoms with van der Waals surface area (Å²) >= 11 is 3.28. The van der Waals surface area contributed by atoms with Crippen LogP contribution in [0.15, 0.2) is 33.6 Å². The van der Waals surface area contributed by atoms with E-state index < -0.39 is 15.3 Å². The molecule has 118 valence electrons. The fourth-order valence-electron chi connectivity index (χ4n) is 1.97. The van der Waals surface area contributed by atoms with Gasteiger partial charge in [-0.3, -0.25) is 4.79 Å². The average Bonchev–Trinajstić information content (AvgIpc) is 2.36. The molecule has 0 aromatic heterocycles. The van der Waals surface area contributed by atoms with Gasteiger partial charge in [-0.25, -0.2) is 8.42 Å². The second-order valence-corrected chi connectivity index (χ2v) is 9.01. The summed E-state index contributed by atoms with van der Waals surface area (Å²) in [6, 6.07) is 6.49. The molecule has 0 atom stereocenters. The Labute approximate surface area is 135 Å². The quantitative estimate of drug-likeness (QED) is 0.794. The Kier molecular flexibility index (Phi) is 5.61. The first-order valence-electron chi connectivity index (χ1n) is 6.73. The summed E-state index contributed by atoms with van der Waals surface area (Å²) in [6.45, 7) is 7.14. The number of rotatable bonds is 5. The number of hydrogen-bond acceptors (Lipinski definition) is 3. The highest BCUT2D eigenvalue weighted by Crippen LogP contribution is 2.26. The lowest BCUT2D eigenvalue weighted by Gasteiger charge is -2.31. The van der Waals surface area contributed by atoms with E-state index in [1.807, 2.05) is 13.8 Å². The van der Waals surface area contributed by atoms with Crippen molar-refractivity contribution in [2.75, 3.05) is 12.8 Å². The summed E-state index contributed by atoms with van der Waals surface area (Å²) in [6.07, 6.45) is 0. The highest BCUT2D eigenvalue weighted by Gasteiger charge is 2.36. The van der Waals surface area contributed by atoms with E-state index in [0.29, 0.717) is 0 Å². The van der Waals surface area contributed by atoms with Gasteiger partial charge in [0, 0.05) is 17.6 Å². The molecule has 0 fully saturated rings.